The lowest BCUT2D eigenvalue weighted by atomic mass is 10.1. The van der Waals surface area contributed by atoms with Crippen molar-refractivity contribution in [3.63, 3.8) is 0 Å². The van der Waals surface area contributed by atoms with Crippen molar-refractivity contribution in [2.45, 2.75) is 19.1 Å². The van der Waals surface area contributed by atoms with E-state index in [2.05, 4.69) is 34.1 Å². The SMILES string of the molecule is OC1CCN(Cc2cccc3cccnc23)C1. The highest BCUT2D eigenvalue weighted by atomic mass is 16.3. The van der Waals surface area contributed by atoms with Crippen LogP contribution in [0, 0.1) is 0 Å². The second-order valence-electron chi connectivity index (χ2n) is 4.67. The molecular formula is C14H16N2O. The molecule has 1 aromatic heterocycles. The molecule has 2 heterocycles. The smallest absolute Gasteiger partial charge is 0.0746 e. The third-order valence-electron chi connectivity index (χ3n) is 3.36. The topological polar surface area (TPSA) is 36.4 Å². The summed E-state index contributed by atoms with van der Waals surface area (Å²) in [6.07, 6.45) is 2.57. The van der Waals surface area contributed by atoms with E-state index in [0.29, 0.717) is 0 Å². The molecule has 1 unspecified atom stereocenters. The van der Waals surface area contributed by atoms with Gasteiger partial charge >= 0.3 is 0 Å². The van der Waals surface area contributed by atoms with Gasteiger partial charge in [0.05, 0.1) is 11.6 Å². The van der Waals surface area contributed by atoms with E-state index in [1.807, 2.05) is 12.3 Å². The number of hydrogen-bond acceptors (Lipinski definition) is 3. The average Bonchev–Trinajstić information content (AvgIpc) is 2.75. The van der Waals surface area contributed by atoms with Crippen molar-refractivity contribution in [3.05, 3.63) is 42.1 Å². The summed E-state index contributed by atoms with van der Waals surface area (Å²) in [7, 11) is 0. The van der Waals surface area contributed by atoms with E-state index in [9.17, 15) is 5.11 Å². The first-order valence-corrected chi connectivity index (χ1v) is 6.06. The highest BCUT2D eigenvalue weighted by Crippen LogP contribution is 2.19. The van der Waals surface area contributed by atoms with Crippen molar-refractivity contribution in [3.8, 4) is 0 Å². The number of rotatable bonds is 2. The van der Waals surface area contributed by atoms with Gasteiger partial charge in [0.25, 0.3) is 0 Å². The molecule has 0 radical (unpaired) electrons. The summed E-state index contributed by atoms with van der Waals surface area (Å²) in [4.78, 5) is 6.74. The van der Waals surface area contributed by atoms with E-state index in [-0.39, 0.29) is 6.10 Å². The van der Waals surface area contributed by atoms with Crippen molar-refractivity contribution in [1.82, 2.24) is 9.88 Å². The molecule has 0 saturated carbocycles. The zero-order valence-electron chi connectivity index (χ0n) is 9.71. The van der Waals surface area contributed by atoms with Crippen LogP contribution in [0.3, 0.4) is 0 Å². The van der Waals surface area contributed by atoms with Crippen molar-refractivity contribution < 1.29 is 5.11 Å². The Morgan fingerprint density at radius 3 is 3.00 bits per heavy atom. The molecule has 1 aromatic carbocycles. The van der Waals surface area contributed by atoms with Gasteiger partial charge in [0, 0.05) is 31.2 Å². The molecule has 2 aromatic rings. The molecule has 88 valence electrons. The van der Waals surface area contributed by atoms with Crippen LogP contribution in [0.15, 0.2) is 36.5 Å². The third kappa shape index (κ3) is 2.16. The van der Waals surface area contributed by atoms with Gasteiger partial charge in [-0.05, 0) is 18.1 Å². The fourth-order valence-electron chi connectivity index (χ4n) is 2.49. The molecule has 0 amide bonds. The first-order valence-electron chi connectivity index (χ1n) is 6.06. The number of para-hydroxylation sites is 1. The maximum atomic E-state index is 9.53. The highest BCUT2D eigenvalue weighted by molar-refractivity contribution is 5.81. The van der Waals surface area contributed by atoms with Crippen molar-refractivity contribution in [1.29, 1.82) is 0 Å². The van der Waals surface area contributed by atoms with Gasteiger partial charge in [0.2, 0.25) is 0 Å². The molecule has 3 nitrogen and oxygen atoms in total. The summed E-state index contributed by atoms with van der Waals surface area (Å²) in [5, 5.41) is 10.7. The third-order valence-corrected chi connectivity index (χ3v) is 3.36. The normalized spacial score (nSPS) is 21.1. The molecule has 0 bridgehead atoms. The molecule has 3 rings (SSSR count). The number of fused-ring (bicyclic) bond motifs is 1. The lowest BCUT2D eigenvalue weighted by Gasteiger charge is -2.15. The Bertz CT molecular complexity index is 521. The zero-order chi connectivity index (χ0) is 11.7. The molecule has 1 aliphatic heterocycles. The van der Waals surface area contributed by atoms with Crippen molar-refractivity contribution in [2.24, 2.45) is 0 Å². The van der Waals surface area contributed by atoms with Gasteiger partial charge in [0.15, 0.2) is 0 Å². The monoisotopic (exact) mass is 228 g/mol. The minimum absolute atomic E-state index is 0.155. The number of β-amino-alcohol motifs (C(OH)–C–C–N with tert-alkyl or cyclic N) is 1. The summed E-state index contributed by atoms with van der Waals surface area (Å²) in [6.45, 7) is 2.64. The first kappa shape index (κ1) is 10.7. The molecule has 1 N–H and O–H groups in total. The number of benzene rings is 1. The number of aliphatic hydroxyl groups excluding tert-OH is 1. The molecule has 1 saturated heterocycles. The van der Waals surface area contributed by atoms with Crippen LogP contribution in [0.1, 0.15) is 12.0 Å². The van der Waals surface area contributed by atoms with E-state index < -0.39 is 0 Å². The lowest BCUT2D eigenvalue weighted by molar-refractivity contribution is 0.175. The van der Waals surface area contributed by atoms with E-state index in [0.717, 1.165) is 31.6 Å². The van der Waals surface area contributed by atoms with E-state index >= 15 is 0 Å². The minimum atomic E-state index is -0.155. The summed E-state index contributed by atoms with van der Waals surface area (Å²) in [5.41, 5.74) is 2.33. The van der Waals surface area contributed by atoms with Gasteiger partial charge in [-0.2, -0.15) is 0 Å². The Morgan fingerprint density at radius 2 is 2.18 bits per heavy atom. The van der Waals surface area contributed by atoms with Crippen LogP contribution in [0.2, 0.25) is 0 Å². The number of aliphatic hydroxyl groups is 1. The second-order valence-corrected chi connectivity index (χ2v) is 4.67. The van der Waals surface area contributed by atoms with E-state index in [1.165, 1.54) is 10.9 Å². The highest BCUT2D eigenvalue weighted by Gasteiger charge is 2.20. The van der Waals surface area contributed by atoms with Crippen LogP contribution in [0.4, 0.5) is 0 Å². The Hall–Kier alpha value is -1.45. The van der Waals surface area contributed by atoms with E-state index in [1.54, 1.807) is 0 Å². The van der Waals surface area contributed by atoms with Crippen molar-refractivity contribution >= 4 is 10.9 Å². The number of nitrogens with zero attached hydrogens (tertiary/aromatic N) is 2. The Balaban J connectivity index is 1.90. The number of pyridine rings is 1. The van der Waals surface area contributed by atoms with Crippen LogP contribution in [-0.4, -0.2) is 34.2 Å². The largest absolute Gasteiger partial charge is 0.392 e. The van der Waals surface area contributed by atoms with Gasteiger partial charge in [-0.1, -0.05) is 24.3 Å². The van der Waals surface area contributed by atoms with Crippen LogP contribution in [-0.2, 0) is 6.54 Å². The van der Waals surface area contributed by atoms with Gasteiger partial charge < -0.3 is 5.11 Å². The summed E-state index contributed by atoms with van der Waals surface area (Å²) in [6, 6.07) is 10.3. The molecular weight excluding hydrogens is 212 g/mol. The van der Waals surface area contributed by atoms with Crippen LogP contribution in [0.25, 0.3) is 10.9 Å². The van der Waals surface area contributed by atoms with Gasteiger partial charge in [-0.25, -0.2) is 0 Å². The Morgan fingerprint density at radius 1 is 1.29 bits per heavy atom. The zero-order valence-corrected chi connectivity index (χ0v) is 9.71. The molecule has 17 heavy (non-hydrogen) atoms. The lowest BCUT2D eigenvalue weighted by Crippen LogP contribution is -2.21. The molecule has 0 spiro atoms. The molecule has 1 atom stereocenters. The van der Waals surface area contributed by atoms with Gasteiger partial charge in [-0.15, -0.1) is 0 Å². The molecule has 3 heteroatoms. The summed E-state index contributed by atoms with van der Waals surface area (Å²) < 4.78 is 0. The average molecular weight is 228 g/mol. The van der Waals surface area contributed by atoms with Crippen LogP contribution < -0.4 is 0 Å². The van der Waals surface area contributed by atoms with Crippen LogP contribution >= 0.6 is 0 Å². The number of aromatic nitrogens is 1. The van der Waals surface area contributed by atoms with Gasteiger partial charge in [0.1, 0.15) is 0 Å². The predicted octanol–water partition coefficient (Wildman–Crippen LogP) is 1.80. The van der Waals surface area contributed by atoms with Gasteiger partial charge in [-0.3, -0.25) is 9.88 Å². The molecule has 1 aliphatic rings. The predicted molar refractivity (Wildman–Crippen MR) is 67.6 cm³/mol. The summed E-state index contributed by atoms with van der Waals surface area (Å²) >= 11 is 0. The Labute approximate surface area is 101 Å². The Kier molecular flexibility index (Phi) is 2.79. The van der Waals surface area contributed by atoms with E-state index in [4.69, 9.17) is 0 Å². The number of hydrogen-bond donors (Lipinski definition) is 1. The molecule has 0 aliphatic carbocycles. The maximum Gasteiger partial charge on any atom is 0.0746 e. The fraction of sp³-hybridized carbons (Fsp3) is 0.357. The summed E-state index contributed by atoms with van der Waals surface area (Å²) in [5.74, 6) is 0. The quantitative estimate of drug-likeness (QED) is 0.851. The number of likely N-dealkylation sites (tertiary alicyclic amines) is 1. The van der Waals surface area contributed by atoms with Crippen LogP contribution in [0.5, 0.6) is 0 Å². The minimum Gasteiger partial charge on any atom is -0.392 e. The second kappa shape index (κ2) is 4.43. The maximum absolute atomic E-state index is 9.53. The molecule has 1 fully saturated rings. The standard InChI is InChI=1S/C14H16N2O/c17-13-6-8-16(10-13)9-12-4-1-3-11-5-2-7-15-14(11)12/h1-5,7,13,17H,6,8-10H2. The fourth-order valence-corrected chi connectivity index (χ4v) is 2.49. The van der Waals surface area contributed by atoms with Crippen molar-refractivity contribution in [2.75, 3.05) is 13.1 Å². The first-order chi connectivity index (χ1) is 8.33.